The molecule has 0 bridgehead atoms. The second-order valence-electron chi connectivity index (χ2n) is 0.567. The Morgan fingerprint density at radius 1 is 1.62 bits per heavy atom. The van der Waals surface area contributed by atoms with Gasteiger partial charge in [-0.2, -0.15) is 10.3 Å². The first kappa shape index (κ1) is 9.69. The van der Waals surface area contributed by atoms with Gasteiger partial charge < -0.3 is 5.73 Å². The molecule has 0 spiro atoms. The zero-order chi connectivity index (χ0) is 6.99. The fraction of sp³-hybridized carbons (Fsp3) is 0. The third-order valence-corrected chi connectivity index (χ3v) is 0.156. The third-order valence-electron chi connectivity index (χ3n) is 0.156. The van der Waals surface area contributed by atoms with Gasteiger partial charge in [0.2, 0.25) is 0 Å². The molecule has 7 nitrogen and oxygen atoms in total. The monoisotopic (exact) mass is 120 g/mol. The van der Waals surface area contributed by atoms with Crippen LogP contribution in [0.15, 0.2) is 5.29 Å². The average Bonchev–Trinajstić information content (AvgIpc) is 1.72. The SMILES string of the molecule is N=O.NC(=O)NN=O. The molecule has 0 rings (SSSR count). The van der Waals surface area contributed by atoms with Crippen LogP contribution in [0.2, 0.25) is 0 Å². The van der Waals surface area contributed by atoms with Crippen LogP contribution in [0.25, 0.3) is 0 Å². The first-order chi connectivity index (χ1) is 3.77. The third kappa shape index (κ3) is 24.9. The molecule has 0 heterocycles. The Morgan fingerprint density at radius 3 is 2.00 bits per heavy atom. The van der Waals surface area contributed by atoms with Gasteiger partial charge >= 0.3 is 6.03 Å². The van der Waals surface area contributed by atoms with Crippen molar-refractivity contribution in [3.8, 4) is 0 Å². The Hall–Kier alpha value is -1.53. The van der Waals surface area contributed by atoms with Gasteiger partial charge in [-0.05, 0) is 0 Å². The van der Waals surface area contributed by atoms with E-state index in [1.807, 2.05) is 5.29 Å². The van der Waals surface area contributed by atoms with Gasteiger partial charge in [-0.3, -0.25) is 0 Å². The minimum atomic E-state index is -0.940. The van der Waals surface area contributed by atoms with Crippen LogP contribution in [0.4, 0.5) is 4.79 Å². The Balaban J connectivity index is 0. The summed E-state index contributed by atoms with van der Waals surface area (Å²) in [5, 5.41) is 1.96. The summed E-state index contributed by atoms with van der Waals surface area (Å²) >= 11 is 0. The van der Waals surface area contributed by atoms with E-state index in [0.29, 0.717) is 0 Å². The molecule has 0 atom stereocenters. The molecule has 0 radical (unpaired) electrons. The average molecular weight is 120 g/mol. The summed E-state index contributed by atoms with van der Waals surface area (Å²) in [7, 11) is 0. The van der Waals surface area contributed by atoms with Crippen LogP contribution in [0.3, 0.4) is 0 Å². The van der Waals surface area contributed by atoms with Crippen molar-refractivity contribution in [2.45, 2.75) is 0 Å². The van der Waals surface area contributed by atoms with Crippen molar-refractivity contribution in [3.05, 3.63) is 9.81 Å². The van der Waals surface area contributed by atoms with Gasteiger partial charge in [0.05, 0.1) is 5.29 Å². The molecule has 0 aromatic heterocycles. The van der Waals surface area contributed by atoms with E-state index in [2.05, 4.69) is 11.3 Å². The number of nitrogens with zero attached hydrogens (tertiary/aromatic N) is 1. The highest BCUT2D eigenvalue weighted by Crippen LogP contribution is 1.49. The van der Waals surface area contributed by atoms with E-state index in [9.17, 15) is 4.79 Å². The molecular weight excluding hydrogens is 116 g/mol. The standard InChI is InChI=1S/CH3N3O2.HNO/c2-1(5)3-4-6;1-2/h(H3,2,3,5,6);1H. The number of urea groups is 1. The Labute approximate surface area is 43.9 Å². The number of carbonyl (C=O) groups excluding carboxylic acids is 1. The van der Waals surface area contributed by atoms with Crippen LogP contribution in [-0.2, 0) is 0 Å². The molecule has 0 aliphatic rings. The fourth-order valence-electron chi connectivity index (χ4n) is 0.0450. The first-order valence-corrected chi connectivity index (χ1v) is 1.35. The van der Waals surface area contributed by atoms with E-state index in [1.54, 1.807) is 0 Å². The molecule has 2 amide bonds. The van der Waals surface area contributed by atoms with Gasteiger partial charge in [0, 0.05) is 0 Å². The zero-order valence-electron chi connectivity index (χ0n) is 3.75. The van der Waals surface area contributed by atoms with Crippen LogP contribution < -0.4 is 11.2 Å². The number of amides is 2. The number of hydrogen-bond acceptors (Lipinski definition) is 5. The van der Waals surface area contributed by atoms with E-state index in [4.69, 9.17) is 9.81 Å². The van der Waals surface area contributed by atoms with Crippen molar-refractivity contribution in [1.82, 2.24) is 5.43 Å². The highest BCUT2D eigenvalue weighted by Gasteiger charge is 1.80. The van der Waals surface area contributed by atoms with Crippen molar-refractivity contribution in [2.75, 3.05) is 0 Å². The zero-order valence-corrected chi connectivity index (χ0v) is 3.75. The minimum Gasteiger partial charge on any atom is -0.350 e. The molecule has 0 unspecified atom stereocenters. The van der Waals surface area contributed by atoms with Crippen LogP contribution >= 0.6 is 0 Å². The summed E-state index contributed by atoms with van der Waals surface area (Å²) in [5.41, 5.74) is 10.3. The molecule has 0 fully saturated rings. The minimum absolute atomic E-state index is 0.940. The maximum absolute atomic E-state index is 9.42. The van der Waals surface area contributed by atoms with Crippen LogP contribution in [0, 0.1) is 15.4 Å². The van der Waals surface area contributed by atoms with Crippen LogP contribution in [0.1, 0.15) is 0 Å². The first-order valence-electron chi connectivity index (χ1n) is 1.35. The second kappa shape index (κ2) is 9.08. The van der Waals surface area contributed by atoms with Crippen molar-refractivity contribution >= 4 is 6.03 Å². The Bertz CT molecular complexity index is 81.4. The van der Waals surface area contributed by atoms with E-state index in [1.165, 1.54) is 5.43 Å². The Kier molecular flexibility index (Phi) is 11.0. The lowest BCUT2D eigenvalue weighted by atomic mass is 11.2. The molecule has 0 saturated heterocycles. The molecule has 4 N–H and O–H groups in total. The lowest BCUT2D eigenvalue weighted by molar-refractivity contribution is 0.249. The normalized spacial score (nSPS) is 5.50. The van der Waals surface area contributed by atoms with Gasteiger partial charge in [0.15, 0.2) is 0 Å². The number of carbonyl (C=O) groups is 1. The van der Waals surface area contributed by atoms with Gasteiger partial charge in [-0.1, -0.05) is 5.59 Å². The summed E-state index contributed by atoms with van der Waals surface area (Å²) in [4.78, 5) is 25.9. The molecule has 7 heteroatoms. The molecule has 46 valence electrons. The number of primary amides is 1. The number of nitroso groups, excluding NO2 is 2. The van der Waals surface area contributed by atoms with Gasteiger partial charge in [0.25, 0.3) is 0 Å². The van der Waals surface area contributed by atoms with Crippen molar-refractivity contribution in [3.63, 3.8) is 0 Å². The fourth-order valence-corrected chi connectivity index (χ4v) is 0.0450. The topological polar surface area (TPSA) is 125 Å². The summed E-state index contributed by atoms with van der Waals surface area (Å²) in [6.45, 7) is 0. The van der Waals surface area contributed by atoms with Crippen molar-refractivity contribution in [1.29, 1.82) is 5.59 Å². The highest BCUT2D eigenvalue weighted by atomic mass is 16.3. The molecular formula is CH4N4O3. The Morgan fingerprint density at radius 2 is 2.00 bits per heavy atom. The predicted octanol–water partition coefficient (Wildman–Crippen LogP) is -0.332. The van der Waals surface area contributed by atoms with Crippen LogP contribution in [0.5, 0.6) is 0 Å². The molecule has 0 aliphatic heterocycles. The van der Waals surface area contributed by atoms with E-state index >= 15 is 0 Å². The van der Waals surface area contributed by atoms with E-state index < -0.39 is 6.03 Å². The summed E-state index contributed by atoms with van der Waals surface area (Å²) in [6, 6.07) is -0.940. The molecule has 8 heavy (non-hydrogen) atoms. The summed E-state index contributed by atoms with van der Waals surface area (Å²) in [6.07, 6.45) is 0. The quantitative estimate of drug-likeness (QED) is 0.323. The van der Waals surface area contributed by atoms with E-state index in [0.717, 1.165) is 0 Å². The summed E-state index contributed by atoms with van der Waals surface area (Å²) in [5.74, 6) is 0. The molecule has 0 aliphatic carbocycles. The largest absolute Gasteiger partial charge is 0.350 e. The smallest absolute Gasteiger partial charge is 0.335 e. The maximum atomic E-state index is 9.42. The number of rotatable bonds is 1. The van der Waals surface area contributed by atoms with Gasteiger partial charge in [-0.15, -0.1) is 4.91 Å². The maximum Gasteiger partial charge on any atom is 0.335 e. The number of nitrogens with two attached hydrogens (primary N) is 1. The van der Waals surface area contributed by atoms with Crippen molar-refractivity contribution < 1.29 is 4.79 Å². The van der Waals surface area contributed by atoms with Gasteiger partial charge in [-0.25, -0.2) is 4.79 Å². The van der Waals surface area contributed by atoms with E-state index in [-0.39, 0.29) is 0 Å². The molecule has 0 aromatic carbocycles. The van der Waals surface area contributed by atoms with Crippen LogP contribution in [-0.4, -0.2) is 6.03 Å². The lowest BCUT2D eigenvalue weighted by Crippen LogP contribution is -2.23. The molecule has 0 aromatic rings. The summed E-state index contributed by atoms with van der Waals surface area (Å²) < 4.78 is 0. The highest BCUT2D eigenvalue weighted by molar-refractivity contribution is 5.70. The predicted molar refractivity (Wildman–Crippen MR) is 24.6 cm³/mol. The van der Waals surface area contributed by atoms with Gasteiger partial charge in [0.1, 0.15) is 0 Å². The number of nitrogens with one attached hydrogen (secondary N) is 2. The lowest BCUT2D eigenvalue weighted by Gasteiger charge is -1.77. The van der Waals surface area contributed by atoms with Crippen molar-refractivity contribution in [2.24, 2.45) is 11.0 Å². The number of hydrogen-bond donors (Lipinski definition) is 3. The molecule has 0 saturated carbocycles. The second-order valence-corrected chi connectivity index (χ2v) is 0.567.